The van der Waals surface area contributed by atoms with Gasteiger partial charge in [-0.15, -0.1) is 10.2 Å². The van der Waals surface area contributed by atoms with Gasteiger partial charge >= 0.3 is 0 Å². The summed E-state index contributed by atoms with van der Waals surface area (Å²) in [7, 11) is 0. The van der Waals surface area contributed by atoms with Crippen molar-refractivity contribution in [1.29, 1.82) is 0 Å². The van der Waals surface area contributed by atoms with Crippen molar-refractivity contribution in [3.63, 3.8) is 0 Å². The van der Waals surface area contributed by atoms with Gasteiger partial charge in [0.25, 0.3) is 5.91 Å². The van der Waals surface area contributed by atoms with Crippen LogP contribution in [0.3, 0.4) is 0 Å². The van der Waals surface area contributed by atoms with Crippen LogP contribution in [-0.2, 0) is 0 Å². The number of nitrogens with one attached hydrogen (secondary N) is 1. The number of hydrogen-bond donors (Lipinski definition) is 3. The second-order valence-corrected chi connectivity index (χ2v) is 6.73. The molecule has 2 aromatic heterocycles. The van der Waals surface area contributed by atoms with Crippen molar-refractivity contribution in [1.82, 2.24) is 9.36 Å². The van der Waals surface area contributed by atoms with E-state index in [0.717, 1.165) is 11.1 Å². The van der Waals surface area contributed by atoms with E-state index >= 15 is 0 Å². The Hall–Kier alpha value is -3.59. The van der Waals surface area contributed by atoms with Gasteiger partial charge in [0.1, 0.15) is 5.75 Å². The molecule has 4 aromatic rings. The fourth-order valence-electron chi connectivity index (χ4n) is 3.00. The van der Waals surface area contributed by atoms with Crippen LogP contribution < -0.4 is 11.1 Å². The maximum absolute atomic E-state index is 11.8. The lowest BCUT2D eigenvalue weighted by Crippen LogP contribution is -2.11. The van der Waals surface area contributed by atoms with Gasteiger partial charge in [-0.3, -0.25) is 4.79 Å². The van der Waals surface area contributed by atoms with Crippen molar-refractivity contribution in [2.75, 3.05) is 11.9 Å². The van der Waals surface area contributed by atoms with Crippen molar-refractivity contribution in [3.05, 3.63) is 48.2 Å². The number of carbonyl (C=O) groups excluding carboxylic acids is 1. The molecule has 140 valence electrons. The zero-order chi connectivity index (χ0) is 19.7. The lowest BCUT2D eigenvalue weighted by molar-refractivity contribution is 0.0998. The van der Waals surface area contributed by atoms with E-state index in [1.165, 1.54) is 17.6 Å². The average molecular weight is 392 g/mol. The number of pyridine rings is 1. The smallest absolute Gasteiger partial charge is 0.252 e. The predicted octanol–water partition coefficient (Wildman–Crippen LogP) is 4.50. The van der Waals surface area contributed by atoms with Gasteiger partial charge in [-0.05, 0) is 42.7 Å². The molecule has 0 fully saturated rings. The number of nitrogens with zero attached hydrogens (tertiary/aromatic N) is 4. The van der Waals surface area contributed by atoms with E-state index < -0.39 is 5.91 Å². The quantitative estimate of drug-likeness (QED) is 0.431. The zero-order valence-electron chi connectivity index (χ0n) is 14.9. The Morgan fingerprint density at radius 3 is 2.86 bits per heavy atom. The third-order valence-electron chi connectivity index (χ3n) is 4.23. The van der Waals surface area contributed by atoms with E-state index in [-0.39, 0.29) is 11.3 Å². The van der Waals surface area contributed by atoms with Crippen LogP contribution in [0.1, 0.15) is 17.3 Å². The summed E-state index contributed by atoms with van der Waals surface area (Å²) in [5, 5.41) is 25.0. The molecule has 0 aliphatic carbocycles. The molecule has 8 nitrogen and oxygen atoms in total. The lowest BCUT2D eigenvalue weighted by Gasteiger charge is -2.13. The van der Waals surface area contributed by atoms with Crippen LogP contribution in [0.4, 0.5) is 16.4 Å². The van der Waals surface area contributed by atoms with E-state index in [2.05, 4.69) is 24.9 Å². The molecule has 9 heteroatoms. The van der Waals surface area contributed by atoms with E-state index in [1.54, 1.807) is 24.4 Å². The molecular formula is C19H16N6O2S. The number of nitrogens with two attached hydrogens (primary N) is 1. The molecule has 0 unspecified atom stereocenters. The monoisotopic (exact) mass is 392 g/mol. The van der Waals surface area contributed by atoms with Crippen LogP contribution >= 0.6 is 11.5 Å². The van der Waals surface area contributed by atoms with Crippen molar-refractivity contribution in [3.8, 4) is 5.75 Å². The number of anilines is 1. The van der Waals surface area contributed by atoms with Crippen molar-refractivity contribution in [2.24, 2.45) is 16.0 Å². The number of amides is 1. The minimum absolute atomic E-state index is 0.00840. The third-order valence-corrected chi connectivity index (χ3v) is 4.97. The Labute approximate surface area is 163 Å². The molecule has 0 radical (unpaired) electrons. The number of rotatable bonds is 5. The van der Waals surface area contributed by atoms with Crippen LogP contribution in [0.2, 0.25) is 0 Å². The largest absolute Gasteiger partial charge is 0.506 e. The molecule has 0 spiro atoms. The molecule has 28 heavy (non-hydrogen) atoms. The maximum Gasteiger partial charge on any atom is 0.252 e. The highest BCUT2D eigenvalue weighted by Gasteiger charge is 2.17. The number of carbonyl (C=O) groups is 1. The fourth-order valence-corrected chi connectivity index (χ4v) is 3.65. The van der Waals surface area contributed by atoms with Gasteiger partial charge in [0.15, 0.2) is 10.6 Å². The van der Waals surface area contributed by atoms with Gasteiger partial charge in [-0.25, -0.2) is 4.98 Å². The van der Waals surface area contributed by atoms with E-state index in [0.29, 0.717) is 33.7 Å². The Morgan fingerprint density at radius 1 is 1.25 bits per heavy atom. The number of azo groups is 1. The maximum atomic E-state index is 11.8. The Bertz CT molecular complexity index is 1230. The minimum atomic E-state index is -0.739. The topological polar surface area (TPSA) is 126 Å². The van der Waals surface area contributed by atoms with Crippen LogP contribution in [0.5, 0.6) is 5.75 Å². The SMILES string of the molecule is CCNc1cccc2c(O)c(C(N)=O)cc(N=Nc3snc4ncccc34)c12. The number of primary amides is 1. The highest BCUT2D eigenvalue weighted by Crippen LogP contribution is 2.41. The zero-order valence-corrected chi connectivity index (χ0v) is 15.7. The number of fused-ring (bicyclic) bond motifs is 2. The van der Waals surface area contributed by atoms with Crippen LogP contribution in [0.25, 0.3) is 21.8 Å². The van der Waals surface area contributed by atoms with Gasteiger partial charge in [-0.1, -0.05) is 12.1 Å². The first-order chi connectivity index (χ1) is 13.6. The molecule has 4 N–H and O–H groups in total. The molecule has 0 atom stereocenters. The molecule has 2 aromatic carbocycles. The van der Waals surface area contributed by atoms with E-state index in [4.69, 9.17) is 5.73 Å². The van der Waals surface area contributed by atoms with Gasteiger partial charge < -0.3 is 16.2 Å². The molecule has 0 bridgehead atoms. The standard InChI is InChI=1S/C19H16N6O2S/c1-2-21-13-7-3-5-10-15(13)14(9-12(16(10)26)17(20)27)23-24-19-11-6-4-8-22-18(11)25-28-19/h3-9,21,26H,2H2,1H3,(H2,20,27). The summed E-state index contributed by atoms with van der Waals surface area (Å²) in [6, 6.07) is 10.5. The lowest BCUT2D eigenvalue weighted by atomic mass is 10.0. The van der Waals surface area contributed by atoms with E-state index in [1.807, 2.05) is 19.1 Å². The first-order valence-electron chi connectivity index (χ1n) is 8.54. The number of benzene rings is 2. The second-order valence-electron chi connectivity index (χ2n) is 5.98. The Balaban J connectivity index is 1.94. The van der Waals surface area contributed by atoms with Crippen molar-refractivity contribution < 1.29 is 9.90 Å². The summed E-state index contributed by atoms with van der Waals surface area (Å²) in [4.78, 5) is 16.0. The molecule has 0 aliphatic heterocycles. The molecular weight excluding hydrogens is 376 g/mol. The van der Waals surface area contributed by atoms with Gasteiger partial charge in [0, 0.05) is 29.2 Å². The summed E-state index contributed by atoms with van der Waals surface area (Å²) >= 11 is 1.19. The normalized spacial score (nSPS) is 11.5. The molecule has 1 amide bonds. The van der Waals surface area contributed by atoms with E-state index in [9.17, 15) is 9.90 Å². The summed E-state index contributed by atoms with van der Waals surface area (Å²) in [5.41, 5.74) is 7.22. The molecule has 2 heterocycles. The van der Waals surface area contributed by atoms with Crippen molar-refractivity contribution >= 4 is 55.6 Å². The molecule has 0 saturated carbocycles. The Morgan fingerprint density at radius 2 is 2.07 bits per heavy atom. The fraction of sp³-hybridized carbons (Fsp3) is 0.105. The van der Waals surface area contributed by atoms with Gasteiger partial charge in [-0.2, -0.15) is 4.37 Å². The number of aromatic nitrogens is 2. The number of hydrogen-bond acceptors (Lipinski definition) is 8. The predicted molar refractivity (Wildman–Crippen MR) is 110 cm³/mol. The highest BCUT2D eigenvalue weighted by molar-refractivity contribution is 7.11. The third kappa shape index (κ3) is 3.01. The van der Waals surface area contributed by atoms with Crippen LogP contribution in [-0.4, -0.2) is 26.9 Å². The molecule has 0 saturated heterocycles. The Kier molecular flexibility index (Phi) is 4.58. The number of phenols is 1. The minimum Gasteiger partial charge on any atom is -0.506 e. The summed E-state index contributed by atoms with van der Waals surface area (Å²) in [5.74, 6) is -0.911. The summed E-state index contributed by atoms with van der Waals surface area (Å²) in [6.07, 6.45) is 1.66. The first kappa shape index (κ1) is 17.8. The molecule has 0 aliphatic rings. The number of aromatic hydroxyl groups is 1. The highest BCUT2D eigenvalue weighted by atomic mass is 32.1. The summed E-state index contributed by atoms with van der Waals surface area (Å²) in [6.45, 7) is 2.65. The molecule has 4 rings (SSSR count). The van der Waals surface area contributed by atoms with Crippen LogP contribution in [0.15, 0.2) is 52.8 Å². The van der Waals surface area contributed by atoms with Gasteiger partial charge in [0.05, 0.1) is 16.6 Å². The average Bonchev–Trinajstić information content (AvgIpc) is 3.11. The van der Waals surface area contributed by atoms with Gasteiger partial charge in [0.2, 0.25) is 0 Å². The first-order valence-corrected chi connectivity index (χ1v) is 9.32. The van der Waals surface area contributed by atoms with Crippen LogP contribution in [0, 0.1) is 0 Å². The summed E-state index contributed by atoms with van der Waals surface area (Å²) < 4.78 is 4.25. The second kappa shape index (κ2) is 7.20. The van der Waals surface area contributed by atoms with Crippen molar-refractivity contribution in [2.45, 2.75) is 6.92 Å².